The van der Waals surface area contributed by atoms with E-state index in [0.717, 1.165) is 5.56 Å². The van der Waals surface area contributed by atoms with Crippen LogP contribution >= 0.6 is 23.2 Å². The summed E-state index contributed by atoms with van der Waals surface area (Å²) >= 11 is 11.8. The lowest BCUT2D eigenvalue weighted by Gasteiger charge is -2.41. The molecular weight excluding hydrogens is 331 g/mol. The summed E-state index contributed by atoms with van der Waals surface area (Å²) in [5.74, 6) is 0.266. The molecule has 1 aromatic rings. The van der Waals surface area contributed by atoms with Crippen molar-refractivity contribution < 1.29 is 8.42 Å². The molecule has 1 saturated heterocycles. The van der Waals surface area contributed by atoms with Crippen LogP contribution in [0.2, 0.25) is 5.02 Å². The number of sulfonamides is 1. The van der Waals surface area contributed by atoms with Crippen LogP contribution in [0.3, 0.4) is 0 Å². The number of alkyl halides is 1. The Morgan fingerprint density at radius 2 is 1.81 bits per heavy atom. The van der Waals surface area contributed by atoms with Gasteiger partial charge < -0.3 is 0 Å². The average molecular weight is 351 g/mol. The fraction of sp³-hybridized carbons (Fsp3) is 0.571. The zero-order chi connectivity index (χ0) is 15.8. The Morgan fingerprint density at radius 3 is 2.29 bits per heavy atom. The van der Waals surface area contributed by atoms with E-state index in [1.165, 1.54) is 10.4 Å². The predicted octanol–water partition coefficient (Wildman–Crippen LogP) is 2.79. The van der Waals surface area contributed by atoms with Crippen LogP contribution in [0.1, 0.15) is 19.4 Å². The minimum atomic E-state index is -3.52. The number of halogens is 2. The van der Waals surface area contributed by atoms with Crippen LogP contribution in [0.15, 0.2) is 23.1 Å². The topological polar surface area (TPSA) is 40.6 Å². The van der Waals surface area contributed by atoms with Gasteiger partial charge in [0.2, 0.25) is 10.0 Å². The van der Waals surface area contributed by atoms with E-state index >= 15 is 0 Å². The van der Waals surface area contributed by atoms with Crippen molar-refractivity contribution in [2.45, 2.75) is 36.7 Å². The van der Waals surface area contributed by atoms with Gasteiger partial charge in [-0.25, -0.2) is 8.42 Å². The Hall–Kier alpha value is -0.330. The number of hydrogen-bond acceptors (Lipinski definition) is 3. The van der Waals surface area contributed by atoms with Gasteiger partial charge in [0.15, 0.2) is 0 Å². The molecule has 2 rings (SSSR count). The van der Waals surface area contributed by atoms with Gasteiger partial charge in [0.05, 0.1) is 4.90 Å². The van der Waals surface area contributed by atoms with Crippen molar-refractivity contribution in [2.24, 2.45) is 0 Å². The van der Waals surface area contributed by atoms with Gasteiger partial charge >= 0.3 is 0 Å². The highest BCUT2D eigenvalue weighted by Crippen LogP contribution is 2.26. The number of piperazine rings is 1. The second kappa shape index (κ2) is 6.42. The fourth-order valence-corrected chi connectivity index (χ4v) is 4.74. The molecule has 1 aliphatic heterocycles. The lowest BCUT2D eigenvalue weighted by atomic mass is 10.1. The summed E-state index contributed by atoms with van der Waals surface area (Å²) < 4.78 is 27.0. The molecule has 21 heavy (non-hydrogen) atoms. The highest BCUT2D eigenvalue weighted by molar-refractivity contribution is 7.89. The van der Waals surface area contributed by atoms with Crippen molar-refractivity contribution in [3.8, 4) is 0 Å². The Balaban J connectivity index is 2.32. The third kappa shape index (κ3) is 3.37. The maximum atomic E-state index is 12.8. The van der Waals surface area contributed by atoms with Crippen molar-refractivity contribution in [3.63, 3.8) is 0 Å². The molecule has 2 atom stereocenters. The van der Waals surface area contributed by atoms with Crippen molar-refractivity contribution in [3.05, 3.63) is 28.8 Å². The molecule has 0 N–H and O–H groups in total. The number of hydrogen-bond donors (Lipinski definition) is 0. The molecule has 0 aromatic heterocycles. The minimum absolute atomic E-state index is 0.182. The summed E-state index contributed by atoms with van der Waals surface area (Å²) in [6.45, 7) is 5.03. The van der Waals surface area contributed by atoms with E-state index in [1.54, 1.807) is 12.1 Å². The first-order valence-corrected chi connectivity index (χ1v) is 9.19. The third-order valence-electron chi connectivity index (χ3n) is 4.13. The van der Waals surface area contributed by atoms with Crippen molar-refractivity contribution in [2.75, 3.05) is 20.1 Å². The highest BCUT2D eigenvalue weighted by Gasteiger charge is 2.34. The molecular formula is C14H20Cl2N2O2S. The molecule has 7 heteroatoms. The second-order valence-corrected chi connectivity index (χ2v) is 8.18. The van der Waals surface area contributed by atoms with Crippen molar-refractivity contribution in [1.29, 1.82) is 0 Å². The van der Waals surface area contributed by atoms with Gasteiger partial charge in [0, 0.05) is 36.1 Å². The molecule has 118 valence electrons. The van der Waals surface area contributed by atoms with Crippen molar-refractivity contribution >= 4 is 33.2 Å². The van der Waals surface area contributed by atoms with Crippen LogP contribution < -0.4 is 0 Å². The second-order valence-electron chi connectivity index (χ2n) is 5.57. The Labute approximate surface area is 136 Å². The predicted molar refractivity (Wildman–Crippen MR) is 86.5 cm³/mol. The summed E-state index contributed by atoms with van der Waals surface area (Å²) in [5.41, 5.74) is 0.734. The van der Waals surface area contributed by atoms with E-state index in [1.807, 2.05) is 20.9 Å². The van der Waals surface area contributed by atoms with E-state index in [9.17, 15) is 8.42 Å². The molecule has 2 unspecified atom stereocenters. The number of likely N-dealkylation sites (N-methyl/N-ethyl adjacent to an activating group) is 1. The first kappa shape index (κ1) is 17.0. The molecule has 4 nitrogen and oxygen atoms in total. The van der Waals surface area contributed by atoms with E-state index in [2.05, 4.69) is 4.90 Å². The number of nitrogens with zero attached hydrogens (tertiary/aromatic N) is 2. The summed E-state index contributed by atoms with van der Waals surface area (Å²) in [7, 11) is -1.50. The quantitative estimate of drug-likeness (QED) is 0.787. The Bertz CT molecular complexity index is 609. The SMILES string of the molecule is CC1CN(S(=O)(=O)c2ccc(CCl)c(Cl)c2)CC(C)N1C. The monoisotopic (exact) mass is 350 g/mol. The maximum Gasteiger partial charge on any atom is 0.243 e. The molecule has 0 aliphatic carbocycles. The van der Waals surface area contributed by atoms with E-state index in [4.69, 9.17) is 23.2 Å². The maximum absolute atomic E-state index is 12.8. The zero-order valence-electron chi connectivity index (χ0n) is 12.4. The number of rotatable bonds is 3. The van der Waals surface area contributed by atoms with Gasteiger partial charge in [0.25, 0.3) is 0 Å². The molecule has 1 heterocycles. The van der Waals surface area contributed by atoms with E-state index < -0.39 is 10.0 Å². The summed E-state index contributed by atoms with van der Waals surface area (Å²) in [6.07, 6.45) is 0. The van der Waals surface area contributed by atoms with Crippen LogP contribution in [0, 0.1) is 0 Å². The van der Waals surface area contributed by atoms with E-state index in [-0.39, 0.29) is 22.9 Å². The highest BCUT2D eigenvalue weighted by atomic mass is 35.5. The average Bonchev–Trinajstić information content (AvgIpc) is 2.44. The van der Waals surface area contributed by atoms with Crippen LogP contribution in [0.25, 0.3) is 0 Å². The molecule has 0 bridgehead atoms. The smallest absolute Gasteiger partial charge is 0.243 e. The minimum Gasteiger partial charge on any atom is -0.298 e. The van der Waals surface area contributed by atoms with Crippen molar-refractivity contribution in [1.82, 2.24) is 9.21 Å². The van der Waals surface area contributed by atoms with Crippen LogP contribution in [0.5, 0.6) is 0 Å². The molecule has 1 aliphatic rings. The van der Waals surface area contributed by atoms with Gasteiger partial charge in [-0.15, -0.1) is 11.6 Å². The van der Waals surface area contributed by atoms with Gasteiger partial charge in [0.1, 0.15) is 0 Å². The van der Waals surface area contributed by atoms with Gasteiger partial charge in [-0.1, -0.05) is 17.7 Å². The van der Waals surface area contributed by atoms with Crippen LogP contribution in [-0.2, 0) is 15.9 Å². The summed E-state index contributed by atoms with van der Waals surface area (Å²) in [4.78, 5) is 2.42. The Morgan fingerprint density at radius 1 is 1.24 bits per heavy atom. The lowest BCUT2D eigenvalue weighted by Crippen LogP contribution is -2.56. The molecule has 0 saturated carbocycles. The molecule has 0 amide bonds. The molecule has 0 radical (unpaired) electrons. The molecule has 1 aromatic carbocycles. The van der Waals surface area contributed by atoms with Crippen LogP contribution in [0.4, 0.5) is 0 Å². The Kier molecular flexibility index (Phi) is 5.21. The lowest BCUT2D eigenvalue weighted by molar-refractivity contribution is 0.105. The third-order valence-corrected chi connectivity index (χ3v) is 6.60. The largest absolute Gasteiger partial charge is 0.298 e. The molecule has 0 spiro atoms. The fourth-order valence-electron chi connectivity index (χ4n) is 2.50. The standard InChI is InChI=1S/C14H20Cl2N2O2S/c1-10-8-18(9-11(2)17(10)3)21(19,20)13-5-4-12(7-15)14(16)6-13/h4-6,10-11H,7-9H2,1-3H3. The first-order chi connectivity index (χ1) is 9.77. The van der Waals surface area contributed by atoms with Gasteiger partial charge in [-0.2, -0.15) is 4.31 Å². The van der Waals surface area contributed by atoms with E-state index in [0.29, 0.717) is 18.1 Å². The molecule has 1 fully saturated rings. The van der Waals surface area contributed by atoms with Gasteiger partial charge in [-0.05, 0) is 38.6 Å². The van der Waals surface area contributed by atoms with Gasteiger partial charge in [-0.3, -0.25) is 4.90 Å². The number of benzene rings is 1. The summed E-state index contributed by atoms with van der Waals surface area (Å²) in [5, 5.41) is 0.390. The van der Waals surface area contributed by atoms with Crippen LogP contribution in [-0.4, -0.2) is 49.8 Å². The normalized spacial score (nSPS) is 25.2. The zero-order valence-corrected chi connectivity index (χ0v) is 14.7. The first-order valence-electron chi connectivity index (χ1n) is 6.84. The summed E-state index contributed by atoms with van der Waals surface area (Å²) in [6, 6.07) is 5.10.